The number of hydrogen-bond donors (Lipinski definition) is 0. The highest BCUT2D eigenvalue weighted by Crippen LogP contribution is 2.32. The summed E-state index contributed by atoms with van der Waals surface area (Å²) in [7, 11) is 0. The maximum Gasteiger partial charge on any atom is 0.326 e. The number of benzene rings is 2. The molecule has 2 aliphatic heterocycles. The number of esters is 1. The molecule has 1 unspecified atom stereocenters. The molecule has 0 saturated carbocycles. The van der Waals surface area contributed by atoms with Crippen LogP contribution in [0.3, 0.4) is 0 Å². The van der Waals surface area contributed by atoms with Crippen molar-refractivity contribution < 1.29 is 28.6 Å². The summed E-state index contributed by atoms with van der Waals surface area (Å²) in [5, 5.41) is 0. The third-order valence-electron chi connectivity index (χ3n) is 5.41. The molecule has 4 rings (SSSR count). The van der Waals surface area contributed by atoms with E-state index in [-0.39, 0.29) is 24.5 Å². The maximum absolute atomic E-state index is 12.6. The van der Waals surface area contributed by atoms with Gasteiger partial charge >= 0.3 is 5.97 Å². The van der Waals surface area contributed by atoms with E-state index in [1.807, 2.05) is 31.2 Å². The fourth-order valence-electron chi connectivity index (χ4n) is 3.72. The van der Waals surface area contributed by atoms with Gasteiger partial charge in [0.2, 0.25) is 0 Å². The van der Waals surface area contributed by atoms with Crippen LogP contribution >= 0.6 is 0 Å². The number of hydrogen-bond acceptors (Lipinski definition) is 6. The molecule has 0 aliphatic carbocycles. The molecule has 0 aromatic heterocycles. The summed E-state index contributed by atoms with van der Waals surface area (Å²) in [6, 6.07) is 14.4. The standard InChI is InChI=1S/C24H24N2O6/c1-3-25(12-17-14-30-20-10-6-7-11-21(20)32-17)22(27)15-31-23(28)13-26-16(2)18-8-4-5-9-19(18)24(26)29/h4-11,17H,2-3,12-15H2,1H3. The average molecular weight is 436 g/mol. The van der Waals surface area contributed by atoms with Crippen molar-refractivity contribution in [1.29, 1.82) is 0 Å². The largest absolute Gasteiger partial charge is 0.486 e. The first-order valence-electron chi connectivity index (χ1n) is 10.4. The topological polar surface area (TPSA) is 85.4 Å². The molecule has 2 aromatic rings. The number of likely N-dealkylation sites (N-methyl/N-ethyl adjacent to an activating group) is 1. The van der Waals surface area contributed by atoms with Crippen LogP contribution in [0.1, 0.15) is 22.8 Å². The minimum atomic E-state index is -0.678. The van der Waals surface area contributed by atoms with E-state index in [4.69, 9.17) is 14.2 Å². The molecule has 0 fully saturated rings. The normalized spacial score (nSPS) is 16.5. The molecule has 2 aromatic carbocycles. The minimum absolute atomic E-state index is 0.303. The summed E-state index contributed by atoms with van der Waals surface area (Å²) in [5.74, 6) is -0.0257. The Hall–Kier alpha value is -3.81. The second-order valence-corrected chi connectivity index (χ2v) is 7.47. The zero-order valence-corrected chi connectivity index (χ0v) is 17.8. The Bertz CT molecular complexity index is 1030. The lowest BCUT2D eigenvalue weighted by Crippen LogP contribution is -2.45. The SMILES string of the molecule is C=C1c2ccccc2C(=O)N1CC(=O)OCC(=O)N(CC)CC1COc2ccccc2O1. The fourth-order valence-corrected chi connectivity index (χ4v) is 3.72. The molecule has 2 amide bonds. The highest BCUT2D eigenvalue weighted by molar-refractivity contribution is 6.10. The van der Waals surface area contributed by atoms with Gasteiger partial charge in [-0.05, 0) is 25.1 Å². The first-order chi connectivity index (χ1) is 15.5. The van der Waals surface area contributed by atoms with E-state index in [1.54, 1.807) is 29.2 Å². The molecule has 0 saturated heterocycles. The van der Waals surface area contributed by atoms with Crippen LogP contribution in [0.15, 0.2) is 55.1 Å². The van der Waals surface area contributed by atoms with Gasteiger partial charge in [0.1, 0.15) is 13.2 Å². The average Bonchev–Trinajstić information content (AvgIpc) is 3.06. The molecule has 32 heavy (non-hydrogen) atoms. The Labute approximate surface area is 186 Å². The van der Waals surface area contributed by atoms with Crippen molar-refractivity contribution in [2.75, 3.05) is 32.8 Å². The number of carbonyl (C=O) groups excluding carboxylic acids is 3. The number of rotatable bonds is 7. The summed E-state index contributed by atoms with van der Waals surface area (Å²) in [6.45, 7) is 6.06. The van der Waals surface area contributed by atoms with Crippen molar-refractivity contribution in [3.05, 3.63) is 66.2 Å². The lowest BCUT2D eigenvalue weighted by molar-refractivity contribution is -0.152. The Kier molecular flexibility index (Phi) is 6.11. The number of ether oxygens (including phenoxy) is 3. The molecule has 0 N–H and O–H groups in total. The third-order valence-corrected chi connectivity index (χ3v) is 5.41. The fraction of sp³-hybridized carbons (Fsp3) is 0.292. The van der Waals surface area contributed by atoms with Crippen LogP contribution in [-0.2, 0) is 14.3 Å². The van der Waals surface area contributed by atoms with Gasteiger partial charge in [0.05, 0.1) is 6.54 Å². The van der Waals surface area contributed by atoms with Gasteiger partial charge in [-0.25, -0.2) is 0 Å². The van der Waals surface area contributed by atoms with Gasteiger partial charge in [0, 0.05) is 23.4 Å². The Morgan fingerprint density at radius 3 is 2.53 bits per heavy atom. The second kappa shape index (κ2) is 9.13. The highest BCUT2D eigenvalue weighted by Gasteiger charge is 2.32. The molecule has 166 valence electrons. The first kappa shape index (κ1) is 21.4. The lowest BCUT2D eigenvalue weighted by Gasteiger charge is -2.30. The van der Waals surface area contributed by atoms with Crippen LogP contribution in [0.5, 0.6) is 11.5 Å². The molecule has 0 radical (unpaired) electrons. The van der Waals surface area contributed by atoms with Crippen molar-refractivity contribution in [1.82, 2.24) is 9.80 Å². The van der Waals surface area contributed by atoms with E-state index in [0.29, 0.717) is 48.0 Å². The molecule has 2 aliphatic rings. The van der Waals surface area contributed by atoms with Gasteiger partial charge in [0.25, 0.3) is 11.8 Å². The molecule has 2 heterocycles. The van der Waals surface area contributed by atoms with Gasteiger partial charge in [-0.2, -0.15) is 0 Å². The maximum atomic E-state index is 12.6. The zero-order chi connectivity index (χ0) is 22.7. The predicted molar refractivity (Wildman–Crippen MR) is 116 cm³/mol. The summed E-state index contributed by atoms with van der Waals surface area (Å²) >= 11 is 0. The van der Waals surface area contributed by atoms with Crippen LogP contribution in [0.4, 0.5) is 0 Å². The monoisotopic (exact) mass is 436 g/mol. The van der Waals surface area contributed by atoms with Crippen molar-refractivity contribution in [2.45, 2.75) is 13.0 Å². The van der Waals surface area contributed by atoms with Crippen molar-refractivity contribution in [2.24, 2.45) is 0 Å². The molecule has 8 heteroatoms. The smallest absolute Gasteiger partial charge is 0.326 e. The van der Waals surface area contributed by atoms with Crippen LogP contribution in [0.2, 0.25) is 0 Å². The van der Waals surface area contributed by atoms with Crippen molar-refractivity contribution in [3.8, 4) is 11.5 Å². The number of carbonyl (C=O) groups is 3. The van der Waals surface area contributed by atoms with Gasteiger partial charge in [-0.3, -0.25) is 19.3 Å². The van der Waals surface area contributed by atoms with Crippen LogP contribution < -0.4 is 9.47 Å². The summed E-state index contributed by atoms with van der Waals surface area (Å²) in [5.41, 5.74) is 1.63. The Balaban J connectivity index is 1.28. The van der Waals surface area contributed by atoms with Crippen molar-refractivity contribution in [3.63, 3.8) is 0 Å². The quantitative estimate of drug-likeness (QED) is 0.620. The summed E-state index contributed by atoms with van der Waals surface area (Å²) in [4.78, 5) is 40.2. The van der Waals surface area contributed by atoms with Gasteiger partial charge in [0.15, 0.2) is 24.2 Å². The molecule has 8 nitrogen and oxygen atoms in total. The summed E-state index contributed by atoms with van der Waals surface area (Å²) < 4.78 is 16.7. The van der Waals surface area contributed by atoms with E-state index < -0.39 is 12.6 Å². The van der Waals surface area contributed by atoms with Gasteiger partial charge in [-0.15, -0.1) is 0 Å². The molecule has 1 atom stereocenters. The molecule has 0 spiro atoms. The van der Waals surface area contributed by atoms with E-state index in [0.717, 1.165) is 0 Å². The second-order valence-electron chi connectivity index (χ2n) is 7.47. The van der Waals surface area contributed by atoms with Gasteiger partial charge in [-0.1, -0.05) is 36.9 Å². The van der Waals surface area contributed by atoms with E-state index >= 15 is 0 Å². The number of fused-ring (bicyclic) bond motifs is 2. The van der Waals surface area contributed by atoms with E-state index in [2.05, 4.69) is 6.58 Å². The van der Waals surface area contributed by atoms with E-state index in [1.165, 1.54) is 4.90 Å². The Morgan fingerprint density at radius 1 is 1.12 bits per heavy atom. The summed E-state index contributed by atoms with van der Waals surface area (Å²) in [6.07, 6.45) is -0.325. The highest BCUT2D eigenvalue weighted by atomic mass is 16.6. The van der Waals surface area contributed by atoms with Crippen LogP contribution in [0.25, 0.3) is 5.70 Å². The predicted octanol–water partition coefficient (Wildman–Crippen LogP) is 2.34. The minimum Gasteiger partial charge on any atom is -0.486 e. The third kappa shape index (κ3) is 4.30. The van der Waals surface area contributed by atoms with E-state index in [9.17, 15) is 14.4 Å². The molecule has 0 bridgehead atoms. The van der Waals surface area contributed by atoms with Crippen LogP contribution in [-0.4, -0.2) is 66.5 Å². The van der Waals surface area contributed by atoms with Gasteiger partial charge < -0.3 is 19.1 Å². The first-order valence-corrected chi connectivity index (χ1v) is 10.4. The number of para-hydroxylation sites is 2. The Morgan fingerprint density at radius 2 is 1.81 bits per heavy atom. The van der Waals surface area contributed by atoms with Crippen molar-refractivity contribution >= 4 is 23.5 Å². The molecular weight excluding hydrogens is 412 g/mol. The number of nitrogens with zero attached hydrogens (tertiary/aromatic N) is 2. The number of amides is 2. The molecular formula is C24H24N2O6. The van der Waals surface area contributed by atoms with Crippen LogP contribution in [0, 0.1) is 0 Å². The lowest BCUT2D eigenvalue weighted by atomic mass is 10.1. The zero-order valence-electron chi connectivity index (χ0n) is 17.8.